The third-order valence-electron chi connectivity index (χ3n) is 6.46. The van der Waals surface area contributed by atoms with Crippen molar-refractivity contribution in [2.24, 2.45) is 5.92 Å². The van der Waals surface area contributed by atoms with Crippen LogP contribution < -0.4 is 10.1 Å². The van der Waals surface area contributed by atoms with E-state index in [1.165, 1.54) is 5.56 Å². The van der Waals surface area contributed by atoms with Crippen LogP contribution in [0.3, 0.4) is 0 Å². The number of aromatic nitrogens is 2. The Kier molecular flexibility index (Phi) is 8.03. The van der Waals surface area contributed by atoms with E-state index in [0.29, 0.717) is 29.7 Å². The van der Waals surface area contributed by atoms with Gasteiger partial charge in [0.1, 0.15) is 19.0 Å². The Morgan fingerprint density at radius 2 is 2.03 bits per heavy atom. The van der Waals surface area contributed by atoms with Gasteiger partial charge in [-0.05, 0) is 41.3 Å². The van der Waals surface area contributed by atoms with Gasteiger partial charge in [-0.3, -0.25) is 0 Å². The summed E-state index contributed by atoms with van der Waals surface area (Å²) in [5.74, 6) is 1.10. The lowest BCUT2D eigenvalue weighted by Gasteiger charge is -2.37. The van der Waals surface area contributed by atoms with Gasteiger partial charge in [-0.1, -0.05) is 72.2 Å². The number of aliphatic hydroxyl groups excluding tert-OH is 2. The molecule has 1 aliphatic rings. The number of hydrogen-bond donors (Lipinski definition) is 3. The van der Waals surface area contributed by atoms with Crippen molar-refractivity contribution in [1.29, 1.82) is 0 Å². The fourth-order valence-electron chi connectivity index (χ4n) is 4.40. The second-order valence-electron chi connectivity index (χ2n) is 8.68. The summed E-state index contributed by atoms with van der Waals surface area (Å²) in [6.45, 7) is 5.30. The number of rotatable bonds is 10. The summed E-state index contributed by atoms with van der Waals surface area (Å²) in [6.07, 6.45) is 6.14. The first kappa shape index (κ1) is 25.1. The van der Waals surface area contributed by atoms with E-state index in [1.54, 1.807) is 0 Å². The van der Waals surface area contributed by atoms with Gasteiger partial charge in [0.25, 0.3) is 5.89 Å². The number of nitrogens with one attached hydrogen (secondary N) is 1. The molecule has 1 aliphatic carbocycles. The van der Waals surface area contributed by atoms with Crippen molar-refractivity contribution >= 4 is 17.2 Å². The largest absolute Gasteiger partial charge is 0.491 e. The first-order valence-corrected chi connectivity index (χ1v) is 12.0. The number of allylic oxidation sites excluding steroid dienone is 3. The van der Waals surface area contributed by atoms with Crippen molar-refractivity contribution in [1.82, 2.24) is 15.5 Å². The molecule has 3 N–H and O–H groups in total. The van der Waals surface area contributed by atoms with Crippen LogP contribution >= 0.6 is 11.6 Å². The molecule has 35 heavy (non-hydrogen) atoms. The van der Waals surface area contributed by atoms with E-state index < -0.39 is 5.41 Å². The van der Waals surface area contributed by atoms with E-state index in [9.17, 15) is 5.11 Å². The van der Waals surface area contributed by atoms with Crippen molar-refractivity contribution in [3.63, 3.8) is 0 Å². The zero-order chi connectivity index (χ0) is 24.8. The second-order valence-corrected chi connectivity index (χ2v) is 9.09. The Hall–Kier alpha value is -2.97. The van der Waals surface area contributed by atoms with E-state index >= 15 is 0 Å². The standard InChI is InChI=1S/C27H30ClN3O4/c1-18-6-3-4-7-21(18)22-8-5-11-27(19(22)2,26-30-25(16-33)35-31-26)17-34-24-10-9-20(14-23(24)28)15-29-12-13-32/h3-11,14,19,29,32-33H,12-13,15-17H2,1-2H3. The quantitative estimate of drug-likeness (QED) is 0.362. The molecule has 7 nitrogen and oxygen atoms in total. The van der Waals surface area contributed by atoms with Crippen LogP contribution in [-0.4, -0.2) is 40.1 Å². The van der Waals surface area contributed by atoms with E-state index in [0.717, 1.165) is 16.7 Å². The minimum absolute atomic E-state index is 0.0570. The normalized spacial score (nSPS) is 19.6. The molecule has 0 radical (unpaired) electrons. The topological polar surface area (TPSA) is 101 Å². The predicted octanol–water partition coefficient (Wildman–Crippen LogP) is 4.21. The first-order valence-electron chi connectivity index (χ1n) is 11.6. The highest BCUT2D eigenvalue weighted by Crippen LogP contribution is 2.44. The van der Waals surface area contributed by atoms with Crippen molar-refractivity contribution in [2.75, 3.05) is 19.8 Å². The molecule has 1 heterocycles. The molecule has 2 atom stereocenters. The number of aryl methyl sites for hydroxylation is 1. The maximum atomic E-state index is 9.52. The minimum Gasteiger partial charge on any atom is -0.491 e. The molecule has 0 fully saturated rings. The van der Waals surface area contributed by atoms with Crippen molar-refractivity contribution in [3.05, 3.63) is 94.1 Å². The van der Waals surface area contributed by atoms with E-state index in [1.807, 2.05) is 42.5 Å². The predicted molar refractivity (Wildman–Crippen MR) is 135 cm³/mol. The van der Waals surface area contributed by atoms with Crippen LogP contribution in [0.1, 0.15) is 35.3 Å². The fourth-order valence-corrected chi connectivity index (χ4v) is 4.66. The lowest BCUT2D eigenvalue weighted by molar-refractivity contribution is 0.205. The van der Waals surface area contributed by atoms with Gasteiger partial charge in [-0.25, -0.2) is 0 Å². The van der Waals surface area contributed by atoms with Crippen LogP contribution in [0, 0.1) is 12.8 Å². The molecule has 8 heteroatoms. The van der Waals surface area contributed by atoms with Crippen molar-refractivity contribution in [3.8, 4) is 5.75 Å². The Balaban J connectivity index is 1.64. The van der Waals surface area contributed by atoms with E-state index in [-0.39, 0.29) is 31.6 Å². The average Bonchev–Trinajstić information content (AvgIpc) is 3.35. The maximum absolute atomic E-state index is 9.52. The zero-order valence-corrected chi connectivity index (χ0v) is 20.6. The molecule has 0 aliphatic heterocycles. The summed E-state index contributed by atoms with van der Waals surface area (Å²) in [7, 11) is 0. The Morgan fingerprint density at radius 3 is 2.74 bits per heavy atom. The van der Waals surface area contributed by atoms with Crippen LogP contribution in [0.2, 0.25) is 5.02 Å². The van der Waals surface area contributed by atoms with Crippen LogP contribution in [0.25, 0.3) is 5.57 Å². The molecular formula is C27H30ClN3O4. The van der Waals surface area contributed by atoms with Gasteiger partial charge in [0.2, 0.25) is 0 Å². The second kappa shape index (κ2) is 11.2. The summed E-state index contributed by atoms with van der Waals surface area (Å²) < 4.78 is 11.6. The highest BCUT2D eigenvalue weighted by molar-refractivity contribution is 6.32. The van der Waals surface area contributed by atoms with E-state index in [4.69, 9.17) is 26.0 Å². The number of aliphatic hydroxyl groups is 2. The molecular weight excluding hydrogens is 466 g/mol. The smallest absolute Gasteiger partial charge is 0.252 e. The van der Waals surface area contributed by atoms with Crippen LogP contribution in [0.4, 0.5) is 0 Å². The number of ether oxygens (including phenoxy) is 1. The van der Waals surface area contributed by atoms with Crippen LogP contribution in [-0.2, 0) is 18.6 Å². The number of hydrogen-bond acceptors (Lipinski definition) is 7. The minimum atomic E-state index is -0.742. The molecule has 1 aromatic heterocycles. The zero-order valence-electron chi connectivity index (χ0n) is 19.9. The van der Waals surface area contributed by atoms with Gasteiger partial charge in [-0.15, -0.1) is 0 Å². The van der Waals surface area contributed by atoms with Gasteiger partial charge in [0.15, 0.2) is 5.82 Å². The highest BCUT2D eigenvalue weighted by atomic mass is 35.5. The SMILES string of the molecule is Cc1ccccc1C1=CC=CC(COc2ccc(CNCCO)cc2Cl)(c2noc(CO)n2)C1C. The molecule has 0 saturated carbocycles. The fraction of sp³-hybridized carbons (Fsp3) is 0.333. The molecule has 0 saturated heterocycles. The van der Waals surface area contributed by atoms with Gasteiger partial charge >= 0.3 is 0 Å². The molecule has 0 amide bonds. The molecule has 0 spiro atoms. The Morgan fingerprint density at radius 1 is 1.20 bits per heavy atom. The van der Waals surface area contributed by atoms with Gasteiger partial charge in [0, 0.05) is 19.0 Å². The van der Waals surface area contributed by atoms with Gasteiger partial charge in [-0.2, -0.15) is 4.98 Å². The van der Waals surface area contributed by atoms with Crippen LogP contribution in [0.5, 0.6) is 5.75 Å². The summed E-state index contributed by atoms with van der Waals surface area (Å²) in [4.78, 5) is 4.47. The van der Waals surface area contributed by atoms with Crippen molar-refractivity contribution in [2.45, 2.75) is 32.4 Å². The average molecular weight is 496 g/mol. The summed E-state index contributed by atoms with van der Waals surface area (Å²) >= 11 is 6.55. The molecule has 2 unspecified atom stereocenters. The van der Waals surface area contributed by atoms with E-state index in [2.05, 4.69) is 47.5 Å². The summed E-state index contributed by atoms with van der Waals surface area (Å²) in [6, 6.07) is 13.9. The van der Waals surface area contributed by atoms with Gasteiger partial charge < -0.3 is 24.8 Å². The molecule has 3 aromatic rings. The van der Waals surface area contributed by atoms with Crippen molar-refractivity contribution < 1.29 is 19.5 Å². The maximum Gasteiger partial charge on any atom is 0.252 e. The third-order valence-corrected chi connectivity index (χ3v) is 6.76. The molecule has 4 rings (SSSR count). The highest BCUT2D eigenvalue weighted by Gasteiger charge is 2.44. The number of halogens is 1. The number of nitrogens with zero attached hydrogens (tertiary/aromatic N) is 2. The Bertz CT molecular complexity index is 1220. The summed E-state index contributed by atoms with van der Waals surface area (Å²) in [5, 5.41) is 26.3. The lowest BCUT2D eigenvalue weighted by atomic mass is 9.68. The lowest BCUT2D eigenvalue weighted by Crippen LogP contribution is -2.41. The third kappa shape index (κ3) is 5.33. The van der Waals surface area contributed by atoms with Crippen LogP contribution in [0.15, 0.2) is 65.2 Å². The Labute approximate surface area is 210 Å². The first-order chi connectivity index (χ1) is 17.0. The molecule has 2 aromatic carbocycles. The number of benzene rings is 2. The molecule has 0 bridgehead atoms. The monoisotopic (exact) mass is 495 g/mol. The molecule has 184 valence electrons. The summed E-state index contributed by atoms with van der Waals surface area (Å²) in [5.41, 5.74) is 3.71. The van der Waals surface area contributed by atoms with Gasteiger partial charge in [0.05, 0.1) is 17.0 Å².